The monoisotopic (exact) mass is 269 g/mol. The molecule has 2 atom stereocenters. The number of rotatable bonds is 4. The van der Waals surface area contributed by atoms with Crippen LogP contribution in [0.5, 0.6) is 0 Å². The molecule has 0 aliphatic heterocycles. The third-order valence-electron chi connectivity index (χ3n) is 4.11. The Morgan fingerprint density at radius 2 is 2.11 bits per heavy atom. The van der Waals surface area contributed by atoms with E-state index in [0.29, 0.717) is 12.0 Å². The molecule has 1 aromatic rings. The van der Waals surface area contributed by atoms with Crippen LogP contribution in [0.25, 0.3) is 0 Å². The lowest BCUT2D eigenvalue weighted by Crippen LogP contribution is -2.39. The smallest absolute Gasteiger partial charge is 0.130 e. The van der Waals surface area contributed by atoms with Gasteiger partial charge in [0.05, 0.1) is 5.69 Å². The Bertz CT molecular complexity index is 398. The van der Waals surface area contributed by atoms with Crippen molar-refractivity contribution in [3.63, 3.8) is 0 Å². The molecule has 0 spiro atoms. The van der Waals surface area contributed by atoms with Crippen molar-refractivity contribution in [1.29, 1.82) is 0 Å². The largest absolute Gasteiger partial charge is 0.314 e. The van der Waals surface area contributed by atoms with Gasteiger partial charge < -0.3 is 5.32 Å². The van der Waals surface area contributed by atoms with E-state index in [1.54, 1.807) is 4.68 Å². The van der Waals surface area contributed by atoms with Crippen LogP contribution < -0.4 is 5.32 Å². The number of nitrogens with one attached hydrogen (secondary N) is 1. The molecule has 18 heavy (non-hydrogen) atoms. The number of halogens is 1. The Hall–Kier alpha value is -0.540. The van der Waals surface area contributed by atoms with Crippen molar-refractivity contribution in [3.05, 3.63) is 16.4 Å². The Morgan fingerprint density at radius 1 is 1.39 bits per heavy atom. The minimum absolute atomic E-state index is 0.652. The number of aryl methyl sites for hydroxylation is 2. The summed E-state index contributed by atoms with van der Waals surface area (Å²) in [6.45, 7) is 5.31. The van der Waals surface area contributed by atoms with Gasteiger partial charge in [0, 0.05) is 18.7 Å². The van der Waals surface area contributed by atoms with Crippen LogP contribution in [0.1, 0.15) is 43.9 Å². The van der Waals surface area contributed by atoms with Gasteiger partial charge in [-0.15, -0.1) is 0 Å². The first kappa shape index (κ1) is 13.9. The molecule has 0 saturated heterocycles. The summed E-state index contributed by atoms with van der Waals surface area (Å²) in [6.07, 6.45) is 6.38. The summed E-state index contributed by atoms with van der Waals surface area (Å²) in [4.78, 5) is 0. The summed E-state index contributed by atoms with van der Waals surface area (Å²) in [5, 5.41) is 8.85. The zero-order chi connectivity index (χ0) is 13.1. The van der Waals surface area contributed by atoms with E-state index in [2.05, 4.69) is 24.3 Å². The summed E-state index contributed by atoms with van der Waals surface area (Å²) >= 11 is 6.34. The molecule has 0 amide bonds. The van der Waals surface area contributed by atoms with Gasteiger partial charge in [0.1, 0.15) is 5.15 Å². The molecule has 102 valence electrons. The van der Waals surface area contributed by atoms with Crippen LogP contribution in [0.3, 0.4) is 0 Å². The molecule has 1 aliphatic rings. The van der Waals surface area contributed by atoms with Gasteiger partial charge in [-0.05, 0) is 38.6 Å². The van der Waals surface area contributed by atoms with Crippen molar-refractivity contribution in [2.24, 2.45) is 13.0 Å². The molecule has 1 aromatic heterocycles. The Kier molecular flexibility index (Phi) is 4.68. The van der Waals surface area contributed by atoms with Gasteiger partial charge in [-0.3, -0.25) is 4.68 Å². The second kappa shape index (κ2) is 6.07. The highest BCUT2D eigenvalue weighted by Crippen LogP contribution is 2.30. The summed E-state index contributed by atoms with van der Waals surface area (Å²) in [5.41, 5.74) is 2.33. The number of hydrogen-bond donors (Lipinski definition) is 1. The molecular formula is C14H24ClN3. The van der Waals surface area contributed by atoms with Crippen molar-refractivity contribution >= 4 is 11.6 Å². The fourth-order valence-electron chi connectivity index (χ4n) is 3.15. The lowest BCUT2D eigenvalue weighted by atomic mass is 9.81. The van der Waals surface area contributed by atoms with E-state index < -0.39 is 0 Å². The molecule has 1 N–H and O–H groups in total. The highest BCUT2D eigenvalue weighted by Gasteiger charge is 2.26. The average molecular weight is 270 g/mol. The summed E-state index contributed by atoms with van der Waals surface area (Å²) < 4.78 is 1.79. The van der Waals surface area contributed by atoms with Crippen molar-refractivity contribution in [2.45, 2.75) is 52.0 Å². The average Bonchev–Trinajstić information content (AvgIpc) is 2.59. The molecule has 2 rings (SSSR count). The van der Waals surface area contributed by atoms with E-state index in [0.717, 1.165) is 23.8 Å². The Labute approximate surface area is 115 Å². The van der Waals surface area contributed by atoms with Crippen LogP contribution in [0.2, 0.25) is 5.15 Å². The fraction of sp³-hybridized carbons (Fsp3) is 0.786. The molecule has 0 radical (unpaired) electrons. The van der Waals surface area contributed by atoms with Crippen LogP contribution in [-0.2, 0) is 13.5 Å². The SMILES string of the molecule is CCNC1CCCCC1Cc1c(C)nn(C)c1Cl. The number of aromatic nitrogens is 2. The van der Waals surface area contributed by atoms with Crippen molar-refractivity contribution in [1.82, 2.24) is 15.1 Å². The van der Waals surface area contributed by atoms with Crippen LogP contribution in [0.4, 0.5) is 0 Å². The first-order chi connectivity index (χ1) is 8.63. The van der Waals surface area contributed by atoms with Gasteiger partial charge in [-0.2, -0.15) is 5.10 Å². The van der Waals surface area contributed by atoms with E-state index in [4.69, 9.17) is 11.6 Å². The molecule has 1 saturated carbocycles. The Morgan fingerprint density at radius 3 is 2.72 bits per heavy atom. The quantitative estimate of drug-likeness (QED) is 0.910. The molecular weight excluding hydrogens is 246 g/mol. The highest BCUT2D eigenvalue weighted by molar-refractivity contribution is 6.30. The van der Waals surface area contributed by atoms with Crippen LogP contribution in [0, 0.1) is 12.8 Å². The molecule has 1 aliphatic carbocycles. The predicted molar refractivity (Wildman–Crippen MR) is 76.1 cm³/mol. The molecule has 1 heterocycles. The van der Waals surface area contributed by atoms with E-state index in [-0.39, 0.29) is 0 Å². The van der Waals surface area contributed by atoms with Crippen LogP contribution in [-0.4, -0.2) is 22.4 Å². The highest BCUT2D eigenvalue weighted by atomic mass is 35.5. The van der Waals surface area contributed by atoms with E-state index in [1.165, 1.54) is 31.2 Å². The zero-order valence-electron chi connectivity index (χ0n) is 11.7. The third kappa shape index (κ3) is 2.89. The van der Waals surface area contributed by atoms with Crippen molar-refractivity contribution in [3.8, 4) is 0 Å². The molecule has 1 fully saturated rings. The normalized spacial score (nSPS) is 24.4. The predicted octanol–water partition coefficient (Wildman–Crippen LogP) is 3.09. The van der Waals surface area contributed by atoms with Gasteiger partial charge in [-0.25, -0.2) is 0 Å². The van der Waals surface area contributed by atoms with Gasteiger partial charge >= 0.3 is 0 Å². The maximum Gasteiger partial charge on any atom is 0.130 e. The summed E-state index contributed by atoms with van der Waals surface area (Å²) in [5.74, 6) is 0.707. The summed E-state index contributed by atoms with van der Waals surface area (Å²) in [6, 6.07) is 0.652. The molecule has 0 bridgehead atoms. The topological polar surface area (TPSA) is 29.9 Å². The minimum atomic E-state index is 0.652. The van der Waals surface area contributed by atoms with Gasteiger partial charge in [0.2, 0.25) is 0 Å². The zero-order valence-corrected chi connectivity index (χ0v) is 12.4. The number of hydrogen-bond acceptors (Lipinski definition) is 2. The standard InChI is InChI=1S/C14H24ClN3/c1-4-16-13-8-6-5-7-11(13)9-12-10(2)17-18(3)14(12)15/h11,13,16H,4-9H2,1-3H3. The van der Waals surface area contributed by atoms with Crippen molar-refractivity contribution in [2.75, 3.05) is 6.54 Å². The minimum Gasteiger partial charge on any atom is -0.314 e. The van der Waals surface area contributed by atoms with E-state index in [1.807, 2.05) is 7.05 Å². The van der Waals surface area contributed by atoms with Gasteiger partial charge in [0.25, 0.3) is 0 Å². The van der Waals surface area contributed by atoms with Gasteiger partial charge in [0.15, 0.2) is 0 Å². The fourth-order valence-corrected chi connectivity index (χ4v) is 3.40. The molecule has 3 nitrogen and oxygen atoms in total. The number of nitrogens with zero attached hydrogens (tertiary/aromatic N) is 2. The third-order valence-corrected chi connectivity index (χ3v) is 4.58. The van der Waals surface area contributed by atoms with E-state index in [9.17, 15) is 0 Å². The van der Waals surface area contributed by atoms with E-state index >= 15 is 0 Å². The molecule has 2 unspecified atom stereocenters. The maximum atomic E-state index is 6.34. The summed E-state index contributed by atoms with van der Waals surface area (Å²) in [7, 11) is 1.92. The maximum absolute atomic E-state index is 6.34. The lowest BCUT2D eigenvalue weighted by molar-refractivity contribution is 0.264. The second-order valence-electron chi connectivity index (χ2n) is 5.39. The second-order valence-corrected chi connectivity index (χ2v) is 5.75. The lowest BCUT2D eigenvalue weighted by Gasteiger charge is -2.32. The molecule has 0 aromatic carbocycles. The first-order valence-electron chi connectivity index (χ1n) is 7.04. The van der Waals surface area contributed by atoms with Crippen LogP contribution >= 0.6 is 11.6 Å². The molecule has 4 heteroatoms. The Balaban J connectivity index is 2.10. The van der Waals surface area contributed by atoms with Crippen molar-refractivity contribution < 1.29 is 0 Å². The van der Waals surface area contributed by atoms with Crippen LogP contribution in [0.15, 0.2) is 0 Å². The first-order valence-corrected chi connectivity index (χ1v) is 7.42. The van der Waals surface area contributed by atoms with Gasteiger partial charge in [-0.1, -0.05) is 31.4 Å².